The topological polar surface area (TPSA) is 57.5 Å². The summed E-state index contributed by atoms with van der Waals surface area (Å²) < 4.78 is 0. The molecule has 0 aromatic heterocycles. The average Bonchev–Trinajstić information content (AvgIpc) is 2.53. The van der Waals surface area contributed by atoms with Crippen LogP contribution in [0.1, 0.15) is 33.6 Å². The Morgan fingerprint density at radius 1 is 1.56 bits per heavy atom. The summed E-state index contributed by atoms with van der Waals surface area (Å²) in [7, 11) is 0. The van der Waals surface area contributed by atoms with Crippen LogP contribution in [-0.4, -0.2) is 28.2 Å². The van der Waals surface area contributed by atoms with Crippen molar-refractivity contribution in [3.63, 3.8) is 0 Å². The standard InChI is InChI=1S/C15H24O3/c1-10(6-5-7-15(3,4)18)12-8-14(17)11(2)13(12)9-16/h5,7,11-13,16,18H,1,6,8-9H2,2-4H3/b7-5+/t11-,12-,13-/m1/s1. The number of aliphatic hydroxyl groups is 2. The van der Waals surface area contributed by atoms with E-state index < -0.39 is 5.60 Å². The van der Waals surface area contributed by atoms with Gasteiger partial charge in [-0.15, -0.1) is 0 Å². The first-order valence-corrected chi connectivity index (χ1v) is 6.47. The van der Waals surface area contributed by atoms with Crippen molar-refractivity contribution in [1.29, 1.82) is 0 Å². The van der Waals surface area contributed by atoms with E-state index in [0.717, 1.165) is 5.57 Å². The Morgan fingerprint density at radius 2 is 2.17 bits per heavy atom. The van der Waals surface area contributed by atoms with E-state index in [9.17, 15) is 15.0 Å². The van der Waals surface area contributed by atoms with Crippen LogP contribution in [0.5, 0.6) is 0 Å². The fourth-order valence-corrected chi connectivity index (χ4v) is 2.52. The van der Waals surface area contributed by atoms with E-state index in [2.05, 4.69) is 6.58 Å². The molecule has 2 N–H and O–H groups in total. The number of aliphatic hydroxyl groups excluding tert-OH is 1. The van der Waals surface area contributed by atoms with Crippen molar-refractivity contribution in [2.24, 2.45) is 17.8 Å². The van der Waals surface area contributed by atoms with E-state index in [4.69, 9.17) is 0 Å². The Labute approximate surface area is 109 Å². The van der Waals surface area contributed by atoms with E-state index in [0.29, 0.717) is 12.8 Å². The Balaban J connectivity index is 2.62. The molecule has 1 saturated carbocycles. The van der Waals surface area contributed by atoms with E-state index in [-0.39, 0.29) is 30.1 Å². The molecule has 0 aromatic rings. The Morgan fingerprint density at radius 3 is 2.67 bits per heavy atom. The van der Waals surface area contributed by atoms with Gasteiger partial charge in [0.2, 0.25) is 0 Å². The maximum absolute atomic E-state index is 11.7. The van der Waals surface area contributed by atoms with Gasteiger partial charge in [0.25, 0.3) is 0 Å². The molecule has 0 unspecified atom stereocenters. The Hall–Kier alpha value is -0.930. The highest BCUT2D eigenvalue weighted by Crippen LogP contribution is 2.39. The molecule has 0 amide bonds. The molecule has 1 fully saturated rings. The normalized spacial score (nSPS) is 29.2. The molecule has 0 saturated heterocycles. The van der Waals surface area contributed by atoms with E-state index in [1.165, 1.54) is 0 Å². The van der Waals surface area contributed by atoms with Gasteiger partial charge < -0.3 is 10.2 Å². The summed E-state index contributed by atoms with van der Waals surface area (Å²) in [6.07, 6.45) is 4.74. The van der Waals surface area contributed by atoms with Crippen molar-refractivity contribution in [2.45, 2.75) is 39.2 Å². The molecule has 1 rings (SSSR count). The summed E-state index contributed by atoms with van der Waals surface area (Å²) >= 11 is 0. The van der Waals surface area contributed by atoms with Crippen molar-refractivity contribution < 1.29 is 15.0 Å². The number of carbonyl (C=O) groups is 1. The molecule has 0 heterocycles. The van der Waals surface area contributed by atoms with Crippen LogP contribution in [0.25, 0.3) is 0 Å². The zero-order valence-corrected chi connectivity index (χ0v) is 11.5. The van der Waals surface area contributed by atoms with Gasteiger partial charge in [-0.2, -0.15) is 0 Å². The molecular formula is C15H24O3. The number of Topliss-reactive ketones (excluding diaryl/α,β-unsaturated/α-hetero) is 1. The molecule has 0 aliphatic heterocycles. The summed E-state index contributed by atoms with van der Waals surface area (Å²) in [5.74, 6) is 0.214. The van der Waals surface area contributed by atoms with Gasteiger partial charge in [0.1, 0.15) is 5.78 Å². The fraction of sp³-hybridized carbons (Fsp3) is 0.667. The number of ketones is 1. The third-order valence-corrected chi connectivity index (χ3v) is 3.73. The van der Waals surface area contributed by atoms with Gasteiger partial charge in [-0.25, -0.2) is 0 Å². The minimum Gasteiger partial charge on any atom is -0.396 e. The molecule has 102 valence electrons. The van der Waals surface area contributed by atoms with Crippen molar-refractivity contribution in [3.8, 4) is 0 Å². The van der Waals surface area contributed by atoms with Gasteiger partial charge in [-0.3, -0.25) is 4.79 Å². The van der Waals surface area contributed by atoms with Crippen LogP contribution in [0.15, 0.2) is 24.3 Å². The highest BCUT2D eigenvalue weighted by Gasteiger charge is 2.39. The summed E-state index contributed by atoms with van der Waals surface area (Å²) in [4.78, 5) is 11.7. The first kappa shape index (κ1) is 15.1. The quantitative estimate of drug-likeness (QED) is 0.737. The van der Waals surface area contributed by atoms with Crippen LogP contribution < -0.4 is 0 Å². The van der Waals surface area contributed by atoms with Gasteiger partial charge in [0.15, 0.2) is 0 Å². The minimum absolute atomic E-state index is 0.000497. The highest BCUT2D eigenvalue weighted by atomic mass is 16.3. The second-order valence-corrected chi connectivity index (χ2v) is 5.83. The van der Waals surface area contributed by atoms with Gasteiger partial charge in [0, 0.05) is 18.9 Å². The van der Waals surface area contributed by atoms with Crippen LogP contribution in [-0.2, 0) is 4.79 Å². The van der Waals surface area contributed by atoms with Crippen LogP contribution in [0, 0.1) is 17.8 Å². The summed E-state index contributed by atoms with van der Waals surface area (Å²) in [6.45, 7) is 9.36. The number of carbonyl (C=O) groups excluding carboxylic acids is 1. The molecule has 0 aromatic carbocycles. The lowest BCUT2D eigenvalue weighted by Crippen LogP contribution is -2.20. The Bertz CT molecular complexity index is 349. The van der Waals surface area contributed by atoms with Crippen molar-refractivity contribution in [2.75, 3.05) is 6.61 Å². The van der Waals surface area contributed by atoms with Crippen molar-refractivity contribution in [1.82, 2.24) is 0 Å². The molecule has 3 atom stereocenters. The molecule has 0 spiro atoms. The van der Waals surface area contributed by atoms with E-state index in [1.54, 1.807) is 19.9 Å². The van der Waals surface area contributed by atoms with Crippen LogP contribution in [0.4, 0.5) is 0 Å². The lowest BCUT2D eigenvalue weighted by atomic mass is 9.85. The molecule has 3 nitrogen and oxygen atoms in total. The third-order valence-electron chi connectivity index (χ3n) is 3.73. The molecule has 3 heteroatoms. The lowest BCUT2D eigenvalue weighted by Gasteiger charge is -2.21. The third kappa shape index (κ3) is 3.79. The van der Waals surface area contributed by atoms with Crippen LogP contribution in [0.2, 0.25) is 0 Å². The number of hydrogen-bond acceptors (Lipinski definition) is 3. The molecule has 1 aliphatic carbocycles. The van der Waals surface area contributed by atoms with Crippen LogP contribution >= 0.6 is 0 Å². The minimum atomic E-state index is -0.824. The highest BCUT2D eigenvalue weighted by molar-refractivity contribution is 5.84. The van der Waals surface area contributed by atoms with Gasteiger partial charge >= 0.3 is 0 Å². The van der Waals surface area contributed by atoms with E-state index in [1.807, 2.05) is 13.0 Å². The second kappa shape index (κ2) is 5.81. The van der Waals surface area contributed by atoms with E-state index >= 15 is 0 Å². The summed E-state index contributed by atoms with van der Waals surface area (Å²) in [6, 6.07) is 0. The van der Waals surface area contributed by atoms with Gasteiger partial charge in [-0.05, 0) is 32.1 Å². The molecule has 18 heavy (non-hydrogen) atoms. The first-order chi connectivity index (χ1) is 8.26. The molecule has 0 radical (unpaired) electrons. The number of rotatable bonds is 5. The largest absolute Gasteiger partial charge is 0.396 e. The van der Waals surface area contributed by atoms with Gasteiger partial charge in [-0.1, -0.05) is 31.2 Å². The molecule has 0 bridgehead atoms. The zero-order chi connectivity index (χ0) is 13.9. The van der Waals surface area contributed by atoms with Gasteiger partial charge in [0.05, 0.1) is 5.60 Å². The second-order valence-electron chi connectivity index (χ2n) is 5.83. The predicted molar refractivity (Wildman–Crippen MR) is 72.0 cm³/mol. The summed E-state index contributed by atoms with van der Waals surface area (Å²) in [5.41, 5.74) is 0.141. The fourth-order valence-electron chi connectivity index (χ4n) is 2.52. The monoisotopic (exact) mass is 252 g/mol. The average molecular weight is 252 g/mol. The number of allylic oxidation sites excluding steroid dienone is 2. The van der Waals surface area contributed by atoms with Crippen LogP contribution in [0.3, 0.4) is 0 Å². The molecular weight excluding hydrogens is 228 g/mol. The Kier molecular flexibility index (Phi) is 4.88. The maximum Gasteiger partial charge on any atom is 0.136 e. The smallest absolute Gasteiger partial charge is 0.136 e. The number of hydrogen-bond donors (Lipinski definition) is 2. The van der Waals surface area contributed by atoms with Crippen molar-refractivity contribution >= 4 is 5.78 Å². The lowest BCUT2D eigenvalue weighted by molar-refractivity contribution is -0.121. The summed E-state index contributed by atoms with van der Waals surface area (Å²) in [5, 5.41) is 18.9. The zero-order valence-electron chi connectivity index (χ0n) is 11.5. The predicted octanol–water partition coefficient (Wildman–Crippen LogP) is 2.09. The molecule has 1 aliphatic rings. The first-order valence-electron chi connectivity index (χ1n) is 6.47. The van der Waals surface area contributed by atoms with Crippen molar-refractivity contribution in [3.05, 3.63) is 24.3 Å². The SMILES string of the molecule is C=C(C/C=C/C(C)(C)O)[C@H]1CC(=O)[C@H](C)[C@H]1CO. The maximum atomic E-state index is 11.7.